The molecule has 1 atom stereocenters. The predicted molar refractivity (Wildman–Crippen MR) is 125 cm³/mol. The molecule has 1 aliphatic rings. The van der Waals surface area contributed by atoms with Gasteiger partial charge in [-0.1, -0.05) is 37.3 Å². The van der Waals surface area contributed by atoms with Crippen LogP contribution < -0.4 is 21.3 Å². The summed E-state index contributed by atoms with van der Waals surface area (Å²) < 4.78 is 0. The van der Waals surface area contributed by atoms with Crippen LogP contribution in [-0.4, -0.2) is 42.5 Å². The van der Waals surface area contributed by atoms with Gasteiger partial charge in [-0.05, 0) is 49.1 Å². The van der Waals surface area contributed by atoms with Crippen molar-refractivity contribution in [2.45, 2.75) is 32.7 Å². The van der Waals surface area contributed by atoms with Gasteiger partial charge in [0.1, 0.15) is 0 Å². The molecule has 1 unspecified atom stereocenters. The minimum atomic E-state index is -0.256. The molecule has 1 saturated heterocycles. The summed E-state index contributed by atoms with van der Waals surface area (Å²) in [5, 5.41) is 11.3. The molecule has 2 aromatic rings. The fraction of sp³-hybridized carbons (Fsp3) is 0.375. The highest BCUT2D eigenvalue weighted by atomic mass is 16.2. The van der Waals surface area contributed by atoms with Gasteiger partial charge in [0.05, 0.1) is 5.92 Å². The molecule has 1 aliphatic heterocycles. The van der Waals surface area contributed by atoms with Gasteiger partial charge in [-0.15, -0.1) is 0 Å². The van der Waals surface area contributed by atoms with Gasteiger partial charge in [0.15, 0.2) is 0 Å². The van der Waals surface area contributed by atoms with E-state index in [1.54, 1.807) is 29.2 Å². The lowest BCUT2D eigenvalue weighted by molar-refractivity contribution is -0.126. The number of benzene rings is 2. The molecule has 1 fully saturated rings. The van der Waals surface area contributed by atoms with E-state index >= 15 is 0 Å². The Kier molecular flexibility index (Phi) is 8.48. The van der Waals surface area contributed by atoms with Crippen LogP contribution in [0.2, 0.25) is 0 Å². The van der Waals surface area contributed by atoms with Crippen LogP contribution in [0.1, 0.15) is 31.7 Å². The second-order valence-corrected chi connectivity index (χ2v) is 7.88. The number of carbonyl (C=O) groups is 3. The highest BCUT2D eigenvalue weighted by Gasteiger charge is 2.28. The number of urea groups is 2. The molecule has 8 heteroatoms. The van der Waals surface area contributed by atoms with Crippen molar-refractivity contribution in [1.82, 2.24) is 15.5 Å². The number of likely N-dealkylation sites (tertiary alicyclic amines) is 1. The Morgan fingerprint density at radius 2 is 1.62 bits per heavy atom. The third kappa shape index (κ3) is 7.01. The third-order valence-corrected chi connectivity index (χ3v) is 5.32. The number of piperidine rings is 1. The first-order valence-corrected chi connectivity index (χ1v) is 11.1. The normalized spacial score (nSPS) is 15.5. The molecule has 2 aromatic carbocycles. The first kappa shape index (κ1) is 23.1. The van der Waals surface area contributed by atoms with E-state index in [0.717, 1.165) is 24.8 Å². The van der Waals surface area contributed by atoms with Gasteiger partial charge in [-0.3, -0.25) is 4.79 Å². The zero-order chi connectivity index (χ0) is 22.8. The Morgan fingerprint density at radius 1 is 0.938 bits per heavy atom. The molecule has 0 saturated carbocycles. The number of rotatable bonds is 7. The van der Waals surface area contributed by atoms with Crippen molar-refractivity contribution in [3.63, 3.8) is 0 Å². The Hall–Kier alpha value is -3.55. The van der Waals surface area contributed by atoms with Crippen molar-refractivity contribution in [2.24, 2.45) is 5.92 Å². The molecule has 1 heterocycles. The molecule has 8 nitrogen and oxygen atoms in total. The molecular weight excluding hydrogens is 406 g/mol. The van der Waals surface area contributed by atoms with Crippen molar-refractivity contribution in [3.05, 3.63) is 60.2 Å². The van der Waals surface area contributed by atoms with E-state index in [9.17, 15) is 14.4 Å². The molecule has 3 rings (SSSR count). The highest BCUT2D eigenvalue weighted by Crippen LogP contribution is 2.19. The monoisotopic (exact) mass is 437 g/mol. The molecule has 0 radical (unpaired) electrons. The quantitative estimate of drug-likeness (QED) is 0.530. The van der Waals surface area contributed by atoms with E-state index in [0.29, 0.717) is 37.6 Å². The Morgan fingerprint density at radius 3 is 2.31 bits per heavy atom. The van der Waals surface area contributed by atoms with Crippen molar-refractivity contribution < 1.29 is 14.4 Å². The van der Waals surface area contributed by atoms with Crippen LogP contribution in [0.4, 0.5) is 21.0 Å². The zero-order valence-corrected chi connectivity index (χ0v) is 18.4. The van der Waals surface area contributed by atoms with E-state index in [-0.39, 0.29) is 23.9 Å². The van der Waals surface area contributed by atoms with Gasteiger partial charge in [-0.2, -0.15) is 0 Å². The molecular formula is C24H31N5O3. The Bertz CT molecular complexity index is 902. The van der Waals surface area contributed by atoms with Crippen molar-refractivity contribution in [3.8, 4) is 0 Å². The zero-order valence-electron chi connectivity index (χ0n) is 18.4. The van der Waals surface area contributed by atoms with Crippen LogP contribution in [0, 0.1) is 5.92 Å². The van der Waals surface area contributed by atoms with Crippen LogP contribution in [0.3, 0.4) is 0 Å². The van der Waals surface area contributed by atoms with E-state index in [4.69, 9.17) is 0 Å². The van der Waals surface area contributed by atoms with Crippen LogP contribution in [0.25, 0.3) is 0 Å². The van der Waals surface area contributed by atoms with E-state index in [1.807, 2.05) is 37.3 Å². The molecule has 32 heavy (non-hydrogen) atoms. The maximum Gasteiger partial charge on any atom is 0.321 e. The smallest absolute Gasteiger partial charge is 0.321 e. The lowest BCUT2D eigenvalue weighted by atomic mass is 9.97. The molecule has 170 valence electrons. The van der Waals surface area contributed by atoms with Gasteiger partial charge >= 0.3 is 12.1 Å². The summed E-state index contributed by atoms with van der Waals surface area (Å²) in [4.78, 5) is 38.7. The second kappa shape index (κ2) is 11.7. The number of hydrogen-bond donors (Lipinski definition) is 4. The summed E-state index contributed by atoms with van der Waals surface area (Å²) in [6.07, 6.45) is 2.42. The fourth-order valence-corrected chi connectivity index (χ4v) is 3.56. The lowest BCUT2D eigenvalue weighted by Gasteiger charge is -2.32. The average Bonchev–Trinajstić information content (AvgIpc) is 2.83. The predicted octanol–water partition coefficient (Wildman–Crippen LogP) is 3.78. The van der Waals surface area contributed by atoms with Crippen LogP contribution >= 0.6 is 0 Å². The van der Waals surface area contributed by atoms with Crippen LogP contribution in [0.5, 0.6) is 0 Å². The number of hydrogen-bond acceptors (Lipinski definition) is 3. The number of anilines is 2. The summed E-state index contributed by atoms with van der Waals surface area (Å²) >= 11 is 0. The second-order valence-electron chi connectivity index (χ2n) is 7.88. The first-order valence-electron chi connectivity index (χ1n) is 11.1. The Balaban J connectivity index is 1.47. The minimum absolute atomic E-state index is 0.0249. The number of nitrogens with one attached hydrogen (secondary N) is 4. The van der Waals surface area contributed by atoms with E-state index < -0.39 is 0 Å². The van der Waals surface area contributed by atoms with Gasteiger partial charge in [0.2, 0.25) is 5.91 Å². The van der Waals surface area contributed by atoms with Crippen LogP contribution in [0.15, 0.2) is 54.6 Å². The first-order chi connectivity index (χ1) is 15.5. The number of carbonyl (C=O) groups excluding carboxylic acids is 3. The van der Waals surface area contributed by atoms with Gasteiger partial charge in [0, 0.05) is 37.6 Å². The summed E-state index contributed by atoms with van der Waals surface area (Å²) in [6.45, 7) is 4.09. The van der Waals surface area contributed by atoms with Crippen LogP contribution in [-0.2, 0) is 11.3 Å². The third-order valence-electron chi connectivity index (χ3n) is 5.32. The number of nitrogens with zero attached hydrogens (tertiary/aromatic N) is 1. The standard InChI is InChI=1S/C24H31N5O3/c1-2-14-25-23(31)27-20-10-12-21(13-11-20)28-24(32)29-15-6-9-19(17-29)22(30)26-16-18-7-4-3-5-8-18/h3-5,7-8,10-13,19H,2,6,9,14-17H2,1H3,(H,26,30)(H,28,32)(H2,25,27,31). The number of amides is 5. The largest absolute Gasteiger partial charge is 0.352 e. The van der Waals surface area contributed by atoms with Gasteiger partial charge < -0.3 is 26.2 Å². The van der Waals surface area contributed by atoms with Crippen molar-refractivity contribution >= 4 is 29.3 Å². The molecule has 0 aliphatic carbocycles. The summed E-state index contributed by atoms with van der Waals surface area (Å²) in [6, 6.07) is 16.2. The van der Waals surface area contributed by atoms with Gasteiger partial charge in [0.25, 0.3) is 0 Å². The minimum Gasteiger partial charge on any atom is -0.352 e. The average molecular weight is 438 g/mol. The molecule has 0 spiro atoms. The topological polar surface area (TPSA) is 103 Å². The highest BCUT2D eigenvalue weighted by molar-refractivity contribution is 5.92. The SMILES string of the molecule is CCCNC(=O)Nc1ccc(NC(=O)N2CCCC(C(=O)NCc3ccccc3)C2)cc1. The summed E-state index contributed by atoms with van der Waals surface area (Å²) in [5.41, 5.74) is 2.32. The molecule has 0 bridgehead atoms. The summed E-state index contributed by atoms with van der Waals surface area (Å²) in [5.74, 6) is -0.241. The molecule has 0 aromatic heterocycles. The van der Waals surface area contributed by atoms with E-state index in [1.165, 1.54) is 0 Å². The van der Waals surface area contributed by atoms with Crippen molar-refractivity contribution in [2.75, 3.05) is 30.3 Å². The maximum atomic E-state index is 12.7. The Labute approximate surface area is 188 Å². The van der Waals surface area contributed by atoms with E-state index in [2.05, 4.69) is 21.3 Å². The van der Waals surface area contributed by atoms with Crippen molar-refractivity contribution in [1.29, 1.82) is 0 Å². The fourth-order valence-electron chi connectivity index (χ4n) is 3.56. The maximum absolute atomic E-state index is 12.7. The molecule has 4 N–H and O–H groups in total. The lowest BCUT2D eigenvalue weighted by Crippen LogP contribution is -2.46. The summed E-state index contributed by atoms with van der Waals surface area (Å²) in [7, 11) is 0. The van der Waals surface area contributed by atoms with Gasteiger partial charge in [-0.25, -0.2) is 9.59 Å². The molecule has 5 amide bonds.